The predicted molar refractivity (Wildman–Crippen MR) is 163 cm³/mol. The maximum atomic E-state index is 13.8. The number of alkyl halides is 3. The molecule has 2 aliphatic heterocycles. The second-order valence-corrected chi connectivity index (χ2v) is 12.3. The Morgan fingerprint density at radius 3 is 2.40 bits per heavy atom. The number of nitrogens with one attached hydrogen (secondary N) is 1. The third-order valence-electron chi connectivity index (χ3n) is 7.86. The highest BCUT2D eigenvalue weighted by Gasteiger charge is 2.36. The molecule has 1 N–H and O–H groups in total. The number of likely N-dealkylation sites (tertiary alicyclic amines) is 1. The summed E-state index contributed by atoms with van der Waals surface area (Å²) in [6, 6.07) is 11.4. The first kappa shape index (κ1) is 32.2. The number of benzene rings is 2. The molecule has 0 bridgehead atoms. The highest BCUT2D eigenvalue weighted by Crippen LogP contribution is 2.41. The lowest BCUT2D eigenvalue weighted by atomic mass is 9.91. The molecule has 2 aromatic carbocycles. The van der Waals surface area contributed by atoms with Crippen LogP contribution in [0.5, 0.6) is 0 Å². The van der Waals surface area contributed by atoms with Crippen LogP contribution in [0, 0.1) is 0 Å². The standard InChI is InChI=1S/C33H38F3N5O4/c1-21(38-29(42)27-13-14-37-30(39-27)40-16-18-44-19-17-40)22-7-9-23(10-8-22)26-20-24(33(34,35)36)11-12-25(26)28-6-5-15-41(28)31(43)45-32(2,3)4/h7-14,20-21,28H,5-6,15-19H2,1-4H3,(H,38,42)/t21-,28?/m1/s1. The third-order valence-corrected chi connectivity index (χ3v) is 7.86. The first-order valence-electron chi connectivity index (χ1n) is 15.1. The fraction of sp³-hybridized carbons (Fsp3) is 0.455. The fourth-order valence-electron chi connectivity index (χ4n) is 5.60. The quantitative estimate of drug-likeness (QED) is 0.331. The minimum atomic E-state index is -4.53. The van der Waals surface area contributed by atoms with Crippen LogP contribution in [0.15, 0.2) is 54.7 Å². The van der Waals surface area contributed by atoms with Crippen molar-refractivity contribution in [1.29, 1.82) is 0 Å². The van der Waals surface area contributed by atoms with Crippen molar-refractivity contribution in [2.45, 2.75) is 64.4 Å². The Morgan fingerprint density at radius 2 is 1.73 bits per heavy atom. The van der Waals surface area contributed by atoms with Gasteiger partial charge in [-0.25, -0.2) is 14.8 Å². The van der Waals surface area contributed by atoms with Crippen molar-refractivity contribution in [3.63, 3.8) is 0 Å². The van der Waals surface area contributed by atoms with Crippen molar-refractivity contribution in [3.05, 3.63) is 77.1 Å². The molecule has 240 valence electrons. The van der Waals surface area contributed by atoms with Gasteiger partial charge >= 0.3 is 12.3 Å². The summed E-state index contributed by atoms with van der Waals surface area (Å²) in [7, 11) is 0. The molecule has 2 aliphatic rings. The SMILES string of the molecule is C[C@@H](NC(=O)c1ccnc(N2CCOCC2)n1)c1ccc(-c2cc(C(F)(F)F)ccc2C2CCCN2C(=O)OC(C)(C)C)cc1. The van der Waals surface area contributed by atoms with Gasteiger partial charge in [0, 0.05) is 25.8 Å². The average Bonchev–Trinajstić information content (AvgIpc) is 3.50. The van der Waals surface area contributed by atoms with Gasteiger partial charge in [-0.3, -0.25) is 4.79 Å². The highest BCUT2D eigenvalue weighted by molar-refractivity contribution is 5.92. The number of rotatable bonds is 6. The van der Waals surface area contributed by atoms with Crippen molar-refractivity contribution < 1.29 is 32.2 Å². The second kappa shape index (κ2) is 13.0. The summed E-state index contributed by atoms with van der Waals surface area (Å²) in [5, 5.41) is 2.94. The molecule has 0 spiro atoms. The average molecular weight is 626 g/mol. The molecule has 1 unspecified atom stereocenters. The predicted octanol–water partition coefficient (Wildman–Crippen LogP) is 6.56. The summed E-state index contributed by atoms with van der Waals surface area (Å²) in [5.41, 5.74) is 1.11. The lowest BCUT2D eigenvalue weighted by Gasteiger charge is -2.30. The molecule has 3 heterocycles. The minimum Gasteiger partial charge on any atom is -0.444 e. The number of aromatic nitrogens is 2. The maximum absolute atomic E-state index is 13.8. The Bertz CT molecular complexity index is 1520. The molecule has 3 aromatic rings. The number of hydrogen-bond donors (Lipinski definition) is 1. The summed E-state index contributed by atoms with van der Waals surface area (Å²) in [6.45, 7) is 10.0. The van der Waals surface area contributed by atoms with Gasteiger partial charge in [0.05, 0.1) is 30.9 Å². The van der Waals surface area contributed by atoms with Crippen LogP contribution in [0.3, 0.4) is 0 Å². The van der Waals surface area contributed by atoms with Gasteiger partial charge in [0.15, 0.2) is 0 Å². The number of hydrogen-bond acceptors (Lipinski definition) is 7. The topological polar surface area (TPSA) is 96.9 Å². The van der Waals surface area contributed by atoms with Crippen LogP contribution >= 0.6 is 0 Å². The van der Waals surface area contributed by atoms with Crippen LogP contribution in [-0.4, -0.2) is 65.3 Å². The van der Waals surface area contributed by atoms with Gasteiger partial charge in [0.2, 0.25) is 5.95 Å². The minimum absolute atomic E-state index is 0.231. The molecule has 0 aliphatic carbocycles. The van der Waals surface area contributed by atoms with E-state index in [-0.39, 0.29) is 11.6 Å². The Labute approximate surface area is 260 Å². The smallest absolute Gasteiger partial charge is 0.416 e. The van der Waals surface area contributed by atoms with E-state index < -0.39 is 35.5 Å². The zero-order chi connectivity index (χ0) is 32.4. The van der Waals surface area contributed by atoms with E-state index in [2.05, 4.69) is 15.3 Å². The molecular formula is C33H38F3N5O4. The van der Waals surface area contributed by atoms with E-state index in [1.165, 1.54) is 6.07 Å². The van der Waals surface area contributed by atoms with Crippen molar-refractivity contribution in [1.82, 2.24) is 20.2 Å². The number of amides is 2. The van der Waals surface area contributed by atoms with E-state index in [9.17, 15) is 22.8 Å². The molecule has 2 atom stereocenters. The summed E-state index contributed by atoms with van der Waals surface area (Å²) in [5.74, 6) is 0.0967. The number of carbonyl (C=O) groups excluding carboxylic acids is 2. The molecule has 9 nitrogen and oxygen atoms in total. The van der Waals surface area contributed by atoms with Crippen molar-refractivity contribution in [3.8, 4) is 11.1 Å². The zero-order valence-electron chi connectivity index (χ0n) is 25.9. The van der Waals surface area contributed by atoms with Crippen molar-refractivity contribution >= 4 is 17.9 Å². The van der Waals surface area contributed by atoms with Gasteiger partial charge in [-0.2, -0.15) is 13.2 Å². The van der Waals surface area contributed by atoms with Gasteiger partial charge in [0.25, 0.3) is 5.91 Å². The number of carbonyl (C=O) groups is 2. The summed E-state index contributed by atoms with van der Waals surface area (Å²) < 4.78 is 52.4. The molecule has 12 heteroatoms. The molecule has 1 aromatic heterocycles. The normalized spacial score (nSPS) is 18.1. The first-order valence-corrected chi connectivity index (χ1v) is 15.1. The Hall–Kier alpha value is -4.19. The lowest BCUT2D eigenvalue weighted by molar-refractivity contribution is -0.137. The summed E-state index contributed by atoms with van der Waals surface area (Å²) >= 11 is 0. The molecule has 2 saturated heterocycles. The van der Waals surface area contributed by atoms with E-state index in [1.807, 2.05) is 11.8 Å². The lowest BCUT2D eigenvalue weighted by Crippen LogP contribution is -2.37. The second-order valence-electron chi connectivity index (χ2n) is 12.3. The van der Waals surface area contributed by atoms with E-state index in [1.54, 1.807) is 62.2 Å². The van der Waals surface area contributed by atoms with Gasteiger partial charge in [-0.1, -0.05) is 30.3 Å². The fourth-order valence-corrected chi connectivity index (χ4v) is 5.60. The zero-order valence-corrected chi connectivity index (χ0v) is 25.9. The van der Waals surface area contributed by atoms with E-state index in [4.69, 9.17) is 9.47 Å². The molecule has 2 amide bonds. The van der Waals surface area contributed by atoms with Crippen molar-refractivity contribution in [2.24, 2.45) is 0 Å². The monoisotopic (exact) mass is 625 g/mol. The van der Waals surface area contributed by atoms with E-state index >= 15 is 0 Å². The Balaban J connectivity index is 1.37. The van der Waals surface area contributed by atoms with Gasteiger partial charge in [0.1, 0.15) is 11.3 Å². The summed E-state index contributed by atoms with van der Waals surface area (Å²) in [6.07, 6.45) is -2.16. The summed E-state index contributed by atoms with van der Waals surface area (Å²) in [4.78, 5) is 38.3. The Morgan fingerprint density at radius 1 is 1.02 bits per heavy atom. The maximum Gasteiger partial charge on any atom is 0.416 e. The van der Waals surface area contributed by atoms with Crippen LogP contribution in [-0.2, 0) is 15.7 Å². The van der Waals surface area contributed by atoms with Crippen LogP contribution in [0.4, 0.5) is 23.9 Å². The highest BCUT2D eigenvalue weighted by atomic mass is 19.4. The first-order chi connectivity index (χ1) is 21.3. The Kier molecular flexibility index (Phi) is 9.33. The number of halogens is 3. The van der Waals surface area contributed by atoms with Crippen LogP contribution in [0.25, 0.3) is 11.1 Å². The molecule has 2 fully saturated rings. The molecular weight excluding hydrogens is 587 g/mol. The van der Waals surface area contributed by atoms with Crippen LogP contribution in [0.2, 0.25) is 0 Å². The third kappa shape index (κ3) is 7.73. The van der Waals surface area contributed by atoms with E-state index in [0.29, 0.717) is 68.3 Å². The van der Waals surface area contributed by atoms with E-state index in [0.717, 1.165) is 17.7 Å². The van der Waals surface area contributed by atoms with Gasteiger partial charge in [-0.05, 0) is 81.0 Å². The number of morpholine rings is 1. The van der Waals surface area contributed by atoms with Crippen molar-refractivity contribution in [2.75, 3.05) is 37.7 Å². The molecule has 0 saturated carbocycles. The van der Waals surface area contributed by atoms with Crippen LogP contribution < -0.4 is 10.2 Å². The van der Waals surface area contributed by atoms with Gasteiger partial charge < -0.3 is 24.6 Å². The molecule has 5 rings (SSSR count). The number of ether oxygens (including phenoxy) is 2. The van der Waals surface area contributed by atoms with Crippen LogP contribution in [0.1, 0.15) is 79.8 Å². The number of nitrogens with zero attached hydrogens (tertiary/aromatic N) is 4. The molecule has 0 radical (unpaired) electrons. The number of anilines is 1. The molecule has 45 heavy (non-hydrogen) atoms. The largest absolute Gasteiger partial charge is 0.444 e. The van der Waals surface area contributed by atoms with Gasteiger partial charge in [-0.15, -0.1) is 0 Å².